The smallest absolute Gasteiger partial charge is 0.335 e. The first-order valence-electron chi connectivity index (χ1n) is 9.13. The zero-order chi connectivity index (χ0) is 23.1. The number of urea groups is 1. The van der Waals surface area contributed by atoms with Crippen LogP contribution in [0, 0.1) is 6.92 Å². The van der Waals surface area contributed by atoms with Crippen molar-refractivity contribution in [2.24, 2.45) is 0 Å². The van der Waals surface area contributed by atoms with Gasteiger partial charge in [-0.05, 0) is 26.0 Å². The molecule has 0 spiro atoms. The predicted molar refractivity (Wildman–Crippen MR) is 119 cm³/mol. The van der Waals surface area contributed by atoms with Gasteiger partial charge in [0.15, 0.2) is 4.34 Å². The van der Waals surface area contributed by atoms with Gasteiger partial charge in [-0.3, -0.25) is 10.1 Å². The third-order valence-corrected chi connectivity index (χ3v) is 7.13. The molecule has 0 unspecified atom stereocenters. The molecule has 32 heavy (non-hydrogen) atoms. The van der Waals surface area contributed by atoms with Gasteiger partial charge in [-0.1, -0.05) is 41.3 Å². The number of carbonyl (C=O) groups is 2. The maximum absolute atomic E-state index is 12.9. The third kappa shape index (κ3) is 6.21. The molecule has 3 aromatic rings. The van der Waals surface area contributed by atoms with E-state index in [4.69, 9.17) is 4.74 Å². The van der Waals surface area contributed by atoms with Crippen molar-refractivity contribution < 1.29 is 22.7 Å². The van der Waals surface area contributed by atoms with Crippen molar-refractivity contribution in [2.75, 3.05) is 17.7 Å². The van der Waals surface area contributed by atoms with Gasteiger partial charge in [0, 0.05) is 17.5 Å². The molecule has 2 heterocycles. The lowest BCUT2D eigenvalue weighted by Crippen LogP contribution is -2.35. The molecule has 0 aliphatic carbocycles. The Hall–Kier alpha value is -3.10. The number of ether oxygens (including phenoxy) is 1. The Kier molecular flexibility index (Phi) is 7.71. The highest BCUT2D eigenvalue weighted by atomic mass is 32.2. The lowest BCUT2D eigenvalue weighted by Gasteiger charge is -2.10. The average Bonchev–Trinajstić information content (AvgIpc) is 3.21. The van der Waals surface area contributed by atoms with Crippen LogP contribution in [0.15, 0.2) is 45.8 Å². The molecule has 1 aromatic carbocycles. The van der Waals surface area contributed by atoms with Crippen LogP contribution in [0.2, 0.25) is 0 Å². The molecule has 0 radical (unpaired) electrons. The van der Waals surface area contributed by atoms with Gasteiger partial charge < -0.3 is 4.74 Å². The molecular weight excluding hydrogens is 476 g/mol. The topological polar surface area (TPSA) is 153 Å². The van der Waals surface area contributed by atoms with E-state index < -0.39 is 16.1 Å². The van der Waals surface area contributed by atoms with E-state index in [1.165, 1.54) is 18.3 Å². The summed E-state index contributed by atoms with van der Waals surface area (Å²) in [6, 6.07) is 6.70. The molecule has 2 aromatic heterocycles. The number of aryl methyl sites for hydroxylation is 1. The SMILES string of the molecule is CCOC(=O)CSc1nnc(-c2ccccc2S(=O)(=O)NC(=O)Nc2nccc(C)n2)s1. The number of sulfonamides is 1. The summed E-state index contributed by atoms with van der Waals surface area (Å²) in [4.78, 5) is 31.4. The highest BCUT2D eigenvalue weighted by molar-refractivity contribution is 8.01. The monoisotopic (exact) mass is 494 g/mol. The van der Waals surface area contributed by atoms with E-state index in [1.807, 2.05) is 4.72 Å². The van der Waals surface area contributed by atoms with E-state index in [9.17, 15) is 18.0 Å². The third-order valence-electron chi connectivity index (χ3n) is 3.68. The van der Waals surface area contributed by atoms with Crippen LogP contribution >= 0.6 is 23.1 Å². The van der Waals surface area contributed by atoms with Crippen molar-refractivity contribution in [3.8, 4) is 10.6 Å². The van der Waals surface area contributed by atoms with Gasteiger partial charge in [-0.2, -0.15) is 0 Å². The molecule has 0 aliphatic heterocycles. The van der Waals surface area contributed by atoms with Crippen molar-refractivity contribution in [1.82, 2.24) is 24.9 Å². The fourth-order valence-corrected chi connectivity index (χ4v) is 5.26. The van der Waals surface area contributed by atoms with E-state index in [0.29, 0.717) is 15.0 Å². The molecule has 0 aliphatic rings. The highest BCUT2D eigenvalue weighted by Gasteiger charge is 2.24. The second-order valence-corrected chi connectivity index (χ2v) is 9.90. The van der Waals surface area contributed by atoms with Crippen molar-refractivity contribution >= 4 is 51.1 Å². The summed E-state index contributed by atoms with van der Waals surface area (Å²) in [5.74, 6) is -0.353. The van der Waals surface area contributed by atoms with Crippen molar-refractivity contribution in [2.45, 2.75) is 23.1 Å². The molecule has 0 atom stereocenters. The number of anilines is 1. The summed E-state index contributed by atoms with van der Waals surface area (Å²) in [7, 11) is -4.25. The summed E-state index contributed by atoms with van der Waals surface area (Å²) < 4.78 is 33.0. The van der Waals surface area contributed by atoms with Crippen LogP contribution in [0.1, 0.15) is 12.6 Å². The van der Waals surface area contributed by atoms with Crippen LogP contribution < -0.4 is 10.0 Å². The Morgan fingerprint density at radius 2 is 1.97 bits per heavy atom. The number of amides is 2. The average molecular weight is 495 g/mol. The Balaban J connectivity index is 1.76. The number of thioether (sulfide) groups is 1. The molecule has 0 fully saturated rings. The normalized spacial score (nSPS) is 11.1. The first-order chi connectivity index (χ1) is 15.3. The summed E-state index contributed by atoms with van der Waals surface area (Å²) in [5, 5.41) is 10.6. The molecular formula is C18H18N6O5S3. The van der Waals surface area contributed by atoms with Crippen LogP contribution in [0.25, 0.3) is 10.6 Å². The van der Waals surface area contributed by atoms with E-state index in [0.717, 1.165) is 23.1 Å². The predicted octanol–water partition coefficient (Wildman–Crippen LogP) is 2.47. The minimum Gasteiger partial charge on any atom is -0.465 e. The highest BCUT2D eigenvalue weighted by Crippen LogP contribution is 2.33. The van der Waals surface area contributed by atoms with Gasteiger partial charge in [0.25, 0.3) is 10.0 Å². The summed E-state index contributed by atoms with van der Waals surface area (Å²) in [6.45, 7) is 3.70. The molecule has 3 rings (SSSR count). The lowest BCUT2D eigenvalue weighted by molar-refractivity contribution is -0.139. The van der Waals surface area contributed by atoms with E-state index in [-0.39, 0.29) is 34.7 Å². The van der Waals surface area contributed by atoms with Gasteiger partial charge in [-0.15, -0.1) is 10.2 Å². The Bertz CT molecular complexity index is 1230. The summed E-state index contributed by atoms with van der Waals surface area (Å²) >= 11 is 2.26. The van der Waals surface area contributed by atoms with Gasteiger partial charge in [-0.25, -0.2) is 27.9 Å². The first-order valence-corrected chi connectivity index (χ1v) is 12.4. The second-order valence-electron chi connectivity index (χ2n) is 6.04. The molecule has 168 valence electrons. The standard InChI is InChI=1S/C18H18N6O5S3/c1-3-29-14(25)10-30-18-23-22-15(31-18)12-6-4-5-7-13(12)32(27,28)24-17(26)21-16-19-9-8-11(2)20-16/h4-9H,3,10H2,1-2H3,(H2,19,20,21,24,26). The number of hydrogen-bond donors (Lipinski definition) is 2. The summed E-state index contributed by atoms with van der Waals surface area (Å²) in [5.41, 5.74) is 0.872. The Labute approximate surface area is 192 Å². The fourth-order valence-electron chi connectivity index (χ4n) is 2.39. The van der Waals surface area contributed by atoms with E-state index >= 15 is 0 Å². The molecule has 11 nitrogen and oxygen atoms in total. The number of benzene rings is 1. The molecule has 0 saturated carbocycles. The molecule has 0 saturated heterocycles. The summed E-state index contributed by atoms with van der Waals surface area (Å²) in [6.07, 6.45) is 1.44. The number of nitrogens with one attached hydrogen (secondary N) is 2. The second kappa shape index (κ2) is 10.5. The Morgan fingerprint density at radius 3 is 2.72 bits per heavy atom. The van der Waals surface area contributed by atoms with Crippen molar-refractivity contribution in [1.29, 1.82) is 0 Å². The van der Waals surface area contributed by atoms with E-state index in [1.54, 1.807) is 32.0 Å². The fraction of sp³-hybridized carbons (Fsp3) is 0.222. The number of carbonyl (C=O) groups excluding carboxylic acids is 2. The molecule has 2 amide bonds. The quantitative estimate of drug-likeness (QED) is 0.353. The van der Waals surface area contributed by atoms with Crippen molar-refractivity contribution in [3.05, 3.63) is 42.2 Å². The Morgan fingerprint density at radius 1 is 1.19 bits per heavy atom. The molecule has 0 bridgehead atoms. The van der Waals surface area contributed by atoms with Crippen molar-refractivity contribution in [3.63, 3.8) is 0 Å². The van der Waals surface area contributed by atoms with Gasteiger partial charge in [0.05, 0.1) is 17.3 Å². The minimum atomic E-state index is -4.25. The van der Waals surface area contributed by atoms with Crippen LogP contribution in [0.5, 0.6) is 0 Å². The zero-order valence-corrected chi connectivity index (χ0v) is 19.4. The van der Waals surface area contributed by atoms with Crippen LogP contribution in [-0.2, 0) is 19.6 Å². The maximum Gasteiger partial charge on any atom is 0.335 e. The number of nitrogens with zero attached hydrogens (tertiary/aromatic N) is 4. The number of aromatic nitrogens is 4. The van der Waals surface area contributed by atoms with Crippen LogP contribution in [-0.4, -0.2) is 52.9 Å². The zero-order valence-electron chi connectivity index (χ0n) is 16.9. The van der Waals surface area contributed by atoms with Gasteiger partial charge in [0.2, 0.25) is 5.95 Å². The minimum absolute atomic E-state index is 0.0293. The number of hydrogen-bond acceptors (Lipinski definition) is 11. The first kappa shape index (κ1) is 23.6. The molecule has 14 heteroatoms. The van der Waals surface area contributed by atoms with Gasteiger partial charge >= 0.3 is 12.0 Å². The van der Waals surface area contributed by atoms with Crippen LogP contribution in [0.3, 0.4) is 0 Å². The number of rotatable bonds is 8. The lowest BCUT2D eigenvalue weighted by atomic mass is 10.2. The van der Waals surface area contributed by atoms with E-state index in [2.05, 4.69) is 25.5 Å². The molecule has 2 N–H and O–H groups in total. The maximum atomic E-state index is 12.9. The number of esters is 1. The van der Waals surface area contributed by atoms with Crippen LogP contribution in [0.4, 0.5) is 10.7 Å². The van der Waals surface area contributed by atoms with Gasteiger partial charge in [0.1, 0.15) is 5.01 Å². The largest absolute Gasteiger partial charge is 0.465 e.